The van der Waals surface area contributed by atoms with Crippen LogP contribution in [-0.4, -0.2) is 22.1 Å². The Kier molecular flexibility index (Phi) is 9.26. The van der Waals surface area contributed by atoms with Crippen LogP contribution in [0.5, 0.6) is 0 Å². The highest BCUT2D eigenvalue weighted by atomic mass is 32.2. The molecule has 0 saturated heterocycles. The van der Waals surface area contributed by atoms with Gasteiger partial charge in [-0.05, 0) is 18.6 Å². The summed E-state index contributed by atoms with van der Waals surface area (Å²) in [6, 6.07) is 0. The Morgan fingerprint density at radius 1 is 1.21 bits per heavy atom. The zero-order valence-electron chi connectivity index (χ0n) is 9.29. The lowest BCUT2D eigenvalue weighted by atomic mass is 10.2. The fourth-order valence-electron chi connectivity index (χ4n) is 1.29. The summed E-state index contributed by atoms with van der Waals surface area (Å²) in [6.07, 6.45) is 7.00. The van der Waals surface area contributed by atoms with Crippen LogP contribution in [-0.2, 0) is 4.79 Å². The average Bonchev–Trinajstić information content (AvgIpc) is 2.16. The van der Waals surface area contributed by atoms with Crippen LogP contribution in [0.1, 0.15) is 52.4 Å². The van der Waals surface area contributed by atoms with Gasteiger partial charge in [0.15, 0.2) is 0 Å². The summed E-state index contributed by atoms with van der Waals surface area (Å²) in [5.74, 6) is 0.334. The standard InChI is InChI=1S/C11H22O2S/c1-3-5-6-7-8-9-14-10(4-2)11(12)13/h10H,3-9H2,1-2H3,(H,12,13). The molecule has 0 aromatic heterocycles. The van der Waals surface area contributed by atoms with Gasteiger partial charge in [-0.3, -0.25) is 4.79 Å². The Morgan fingerprint density at radius 3 is 2.36 bits per heavy atom. The van der Waals surface area contributed by atoms with Crippen molar-refractivity contribution < 1.29 is 9.90 Å². The first-order valence-corrected chi connectivity index (χ1v) is 6.61. The molecule has 3 heteroatoms. The van der Waals surface area contributed by atoms with Crippen LogP contribution in [0.25, 0.3) is 0 Å². The second-order valence-electron chi connectivity index (χ2n) is 3.52. The Hall–Kier alpha value is -0.180. The quantitative estimate of drug-likeness (QED) is 0.601. The minimum atomic E-state index is -0.661. The van der Waals surface area contributed by atoms with Gasteiger partial charge in [0.25, 0.3) is 0 Å². The molecular formula is C11H22O2S. The second kappa shape index (κ2) is 9.38. The normalized spacial score (nSPS) is 12.7. The highest BCUT2D eigenvalue weighted by molar-refractivity contribution is 8.00. The van der Waals surface area contributed by atoms with Gasteiger partial charge in [0, 0.05) is 0 Å². The largest absolute Gasteiger partial charge is 0.480 e. The van der Waals surface area contributed by atoms with Gasteiger partial charge in [-0.1, -0.05) is 39.5 Å². The van der Waals surface area contributed by atoms with Crippen molar-refractivity contribution in [3.63, 3.8) is 0 Å². The molecule has 0 aliphatic carbocycles. The molecule has 0 aliphatic rings. The van der Waals surface area contributed by atoms with Crippen molar-refractivity contribution in [2.45, 2.75) is 57.6 Å². The monoisotopic (exact) mass is 218 g/mol. The van der Waals surface area contributed by atoms with E-state index in [0.29, 0.717) is 0 Å². The van der Waals surface area contributed by atoms with Crippen molar-refractivity contribution in [2.75, 3.05) is 5.75 Å². The Bertz CT molecular complexity index is 148. The van der Waals surface area contributed by atoms with Crippen LogP contribution in [0.4, 0.5) is 0 Å². The van der Waals surface area contributed by atoms with Crippen LogP contribution in [0.15, 0.2) is 0 Å². The van der Waals surface area contributed by atoms with E-state index >= 15 is 0 Å². The smallest absolute Gasteiger partial charge is 0.316 e. The second-order valence-corrected chi connectivity index (χ2v) is 4.83. The van der Waals surface area contributed by atoms with E-state index in [-0.39, 0.29) is 5.25 Å². The highest BCUT2D eigenvalue weighted by Gasteiger charge is 2.14. The van der Waals surface area contributed by atoms with E-state index in [1.165, 1.54) is 25.7 Å². The van der Waals surface area contributed by atoms with Crippen LogP contribution < -0.4 is 0 Å². The Balaban J connectivity index is 3.29. The number of unbranched alkanes of at least 4 members (excludes halogenated alkanes) is 4. The maximum atomic E-state index is 10.7. The van der Waals surface area contributed by atoms with E-state index < -0.39 is 5.97 Å². The summed E-state index contributed by atoms with van der Waals surface area (Å²) in [5.41, 5.74) is 0. The number of aliphatic carboxylic acids is 1. The first-order valence-electron chi connectivity index (χ1n) is 5.56. The Morgan fingerprint density at radius 2 is 1.86 bits per heavy atom. The van der Waals surface area contributed by atoms with E-state index in [1.54, 1.807) is 11.8 Å². The van der Waals surface area contributed by atoms with E-state index in [0.717, 1.165) is 18.6 Å². The lowest BCUT2D eigenvalue weighted by Gasteiger charge is -2.08. The molecule has 0 heterocycles. The van der Waals surface area contributed by atoms with E-state index in [2.05, 4.69) is 6.92 Å². The summed E-state index contributed by atoms with van der Waals surface area (Å²) in [6.45, 7) is 4.13. The number of hydrogen-bond acceptors (Lipinski definition) is 2. The fourth-order valence-corrected chi connectivity index (χ4v) is 2.33. The zero-order chi connectivity index (χ0) is 10.8. The molecule has 0 aromatic carbocycles. The van der Waals surface area contributed by atoms with Crippen LogP contribution in [0.3, 0.4) is 0 Å². The minimum Gasteiger partial charge on any atom is -0.480 e. The lowest BCUT2D eigenvalue weighted by Crippen LogP contribution is -2.15. The number of rotatable bonds is 9. The molecule has 0 aliphatic heterocycles. The van der Waals surface area contributed by atoms with Crippen molar-refractivity contribution in [1.82, 2.24) is 0 Å². The van der Waals surface area contributed by atoms with Gasteiger partial charge in [0.05, 0.1) is 0 Å². The minimum absolute atomic E-state index is 0.193. The molecule has 0 bridgehead atoms. The molecule has 0 radical (unpaired) electrons. The summed E-state index contributed by atoms with van der Waals surface area (Å²) in [7, 11) is 0. The topological polar surface area (TPSA) is 37.3 Å². The lowest BCUT2D eigenvalue weighted by molar-refractivity contribution is -0.136. The SMILES string of the molecule is CCCCCCCSC(CC)C(=O)O. The molecule has 0 fully saturated rings. The maximum absolute atomic E-state index is 10.7. The summed E-state index contributed by atoms with van der Waals surface area (Å²) in [5, 5.41) is 8.60. The predicted molar refractivity (Wildman–Crippen MR) is 62.9 cm³/mol. The van der Waals surface area contributed by atoms with Gasteiger partial charge >= 0.3 is 5.97 Å². The summed E-state index contributed by atoms with van der Waals surface area (Å²) in [4.78, 5) is 10.7. The molecule has 2 nitrogen and oxygen atoms in total. The molecule has 0 aromatic rings. The van der Waals surface area contributed by atoms with Gasteiger partial charge in [-0.2, -0.15) is 0 Å². The van der Waals surface area contributed by atoms with Crippen molar-refractivity contribution >= 4 is 17.7 Å². The third kappa shape index (κ3) is 7.25. The van der Waals surface area contributed by atoms with Gasteiger partial charge in [0.1, 0.15) is 5.25 Å². The molecule has 0 spiro atoms. The van der Waals surface area contributed by atoms with Crippen molar-refractivity contribution in [1.29, 1.82) is 0 Å². The van der Waals surface area contributed by atoms with Crippen LogP contribution >= 0.6 is 11.8 Å². The molecule has 1 atom stereocenters. The van der Waals surface area contributed by atoms with E-state index in [4.69, 9.17) is 5.11 Å². The first kappa shape index (κ1) is 13.8. The highest BCUT2D eigenvalue weighted by Crippen LogP contribution is 2.17. The van der Waals surface area contributed by atoms with E-state index in [1.807, 2.05) is 6.92 Å². The molecule has 84 valence electrons. The fraction of sp³-hybridized carbons (Fsp3) is 0.909. The number of hydrogen-bond donors (Lipinski definition) is 1. The number of carboxylic acid groups (broad SMARTS) is 1. The molecular weight excluding hydrogens is 196 g/mol. The molecule has 0 amide bonds. The van der Waals surface area contributed by atoms with Crippen molar-refractivity contribution in [2.24, 2.45) is 0 Å². The Labute approximate surface area is 91.5 Å². The third-order valence-electron chi connectivity index (χ3n) is 2.21. The molecule has 0 saturated carbocycles. The van der Waals surface area contributed by atoms with Crippen LogP contribution in [0.2, 0.25) is 0 Å². The van der Waals surface area contributed by atoms with Gasteiger partial charge < -0.3 is 5.11 Å². The first-order chi connectivity index (χ1) is 6.72. The van der Waals surface area contributed by atoms with Crippen molar-refractivity contribution in [3.8, 4) is 0 Å². The number of carbonyl (C=O) groups is 1. The average molecular weight is 218 g/mol. The molecule has 1 N–H and O–H groups in total. The van der Waals surface area contributed by atoms with Crippen LogP contribution in [0, 0.1) is 0 Å². The molecule has 0 rings (SSSR count). The zero-order valence-corrected chi connectivity index (χ0v) is 10.1. The maximum Gasteiger partial charge on any atom is 0.316 e. The number of carboxylic acids is 1. The van der Waals surface area contributed by atoms with E-state index in [9.17, 15) is 4.79 Å². The molecule has 14 heavy (non-hydrogen) atoms. The molecule has 1 unspecified atom stereocenters. The summed E-state index contributed by atoms with van der Waals surface area (Å²) < 4.78 is 0. The van der Waals surface area contributed by atoms with Gasteiger partial charge in [-0.25, -0.2) is 0 Å². The predicted octanol–water partition coefficient (Wildman–Crippen LogP) is 3.55. The third-order valence-corrected chi connectivity index (χ3v) is 3.67. The van der Waals surface area contributed by atoms with Crippen molar-refractivity contribution in [3.05, 3.63) is 0 Å². The number of thioether (sulfide) groups is 1. The van der Waals surface area contributed by atoms with Gasteiger partial charge in [-0.15, -0.1) is 11.8 Å². The van der Waals surface area contributed by atoms with Gasteiger partial charge in [0.2, 0.25) is 0 Å². The summed E-state index contributed by atoms with van der Waals surface area (Å²) >= 11 is 1.59.